The second-order valence-electron chi connectivity index (χ2n) is 4.01. The zero-order valence-electron chi connectivity index (χ0n) is 9.56. The lowest BCUT2D eigenvalue weighted by molar-refractivity contribution is -0.0843. The highest BCUT2D eigenvalue weighted by atomic mass is 16.5. The van der Waals surface area contributed by atoms with Gasteiger partial charge in [-0.05, 0) is 30.2 Å². The first-order valence-corrected chi connectivity index (χ1v) is 5.60. The van der Waals surface area contributed by atoms with Crippen LogP contribution in [-0.4, -0.2) is 22.7 Å². The zero-order valence-corrected chi connectivity index (χ0v) is 9.56. The van der Waals surface area contributed by atoms with Crippen LogP contribution in [0.4, 0.5) is 0 Å². The van der Waals surface area contributed by atoms with Crippen LogP contribution in [0, 0.1) is 11.3 Å². The molecule has 0 saturated carbocycles. The van der Waals surface area contributed by atoms with Crippen molar-refractivity contribution in [3.63, 3.8) is 0 Å². The van der Waals surface area contributed by atoms with Gasteiger partial charge in [0.15, 0.2) is 6.29 Å². The predicted octanol–water partition coefficient (Wildman–Crippen LogP) is 1.76. The van der Waals surface area contributed by atoms with E-state index in [-0.39, 0.29) is 5.92 Å². The second-order valence-corrected chi connectivity index (χ2v) is 4.01. The first-order valence-electron chi connectivity index (χ1n) is 5.60. The van der Waals surface area contributed by atoms with Crippen LogP contribution in [-0.2, 0) is 12.8 Å². The van der Waals surface area contributed by atoms with E-state index < -0.39 is 6.29 Å². The molecule has 0 fully saturated rings. The number of aliphatic hydroxyl groups is 2. The number of nitrogens with one attached hydrogen (secondary N) is 1. The molecule has 0 aliphatic heterocycles. The van der Waals surface area contributed by atoms with E-state index in [9.17, 15) is 0 Å². The molecule has 0 heterocycles. The summed E-state index contributed by atoms with van der Waals surface area (Å²) in [5.41, 5.74) is 2.19. The molecule has 3 heteroatoms. The summed E-state index contributed by atoms with van der Waals surface area (Å²) in [6.45, 7) is 1.95. The lowest BCUT2D eigenvalue weighted by atomic mass is 9.95. The van der Waals surface area contributed by atoms with Gasteiger partial charge in [-0.2, -0.15) is 0 Å². The van der Waals surface area contributed by atoms with Gasteiger partial charge in [-0.25, -0.2) is 0 Å². The maximum atomic E-state index is 9.17. The van der Waals surface area contributed by atoms with Crippen LogP contribution < -0.4 is 0 Å². The molecule has 16 heavy (non-hydrogen) atoms. The Labute approximate surface area is 96.3 Å². The number of aliphatic hydroxyl groups excluding tert-OH is 1. The number of hydrogen-bond donors (Lipinski definition) is 3. The Morgan fingerprint density at radius 2 is 2.00 bits per heavy atom. The van der Waals surface area contributed by atoms with Crippen molar-refractivity contribution in [3.8, 4) is 0 Å². The van der Waals surface area contributed by atoms with Crippen molar-refractivity contribution in [3.05, 3.63) is 35.4 Å². The molecule has 1 aromatic rings. The van der Waals surface area contributed by atoms with Crippen LogP contribution in [0.2, 0.25) is 0 Å². The van der Waals surface area contributed by atoms with Gasteiger partial charge < -0.3 is 15.6 Å². The first kappa shape index (κ1) is 12.9. The topological polar surface area (TPSA) is 64.3 Å². The van der Waals surface area contributed by atoms with E-state index in [1.807, 2.05) is 31.2 Å². The maximum absolute atomic E-state index is 9.17. The molecule has 0 aliphatic carbocycles. The van der Waals surface area contributed by atoms with Crippen molar-refractivity contribution in [2.24, 2.45) is 5.92 Å². The van der Waals surface area contributed by atoms with E-state index in [0.29, 0.717) is 12.8 Å². The normalized spacial score (nSPS) is 12.8. The quantitative estimate of drug-likeness (QED) is 0.506. The van der Waals surface area contributed by atoms with Crippen molar-refractivity contribution in [2.75, 3.05) is 0 Å². The molecule has 0 radical (unpaired) electrons. The number of rotatable bonds is 6. The molecule has 3 N–H and O–H groups in total. The Bertz CT molecular complexity index is 336. The third kappa shape index (κ3) is 3.76. The van der Waals surface area contributed by atoms with Crippen molar-refractivity contribution >= 4 is 6.21 Å². The third-order valence-corrected chi connectivity index (χ3v) is 2.77. The number of hydrogen-bond acceptors (Lipinski definition) is 3. The van der Waals surface area contributed by atoms with Gasteiger partial charge in [0, 0.05) is 12.3 Å². The predicted molar refractivity (Wildman–Crippen MR) is 64.6 cm³/mol. The second kappa shape index (κ2) is 6.40. The molecule has 3 nitrogen and oxygen atoms in total. The maximum Gasteiger partial charge on any atom is 0.154 e. The first-order chi connectivity index (χ1) is 7.67. The van der Waals surface area contributed by atoms with E-state index in [1.54, 1.807) is 0 Å². The molecule has 1 atom stereocenters. The summed E-state index contributed by atoms with van der Waals surface area (Å²) in [4.78, 5) is 0. The molecule has 0 bridgehead atoms. The smallest absolute Gasteiger partial charge is 0.154 e. The monoisotopic (exact) mass is 221 g/mol. The summed E-state index contributed by atoms with van der Waals surface area (Å²) in [5, 5.41) is 25.4. The lowest BCUT2D eigenvalue weighted by Crippen LogP contribution is -2.21. The zero-order chi connectivity index (χ0) is 12.0. The van der Waals surface area contributed by atoms with E-state index in [4.69, 9.17) is 15.6 Å². The average molecular weight is 221 g/mol. The van der Waals surface area contributed by atoms with Crippen molar-refractivity contribution in [2.45, 2.75) is 32.5 Å². The molecule has 0 aliphatic rings. The van der Waals surface area contributed by atoms with Gasteiger partial charge >= 0.3 is 0 Å². The Kier molecular flexibility index (Phi) is 5.15. The fourth-order valence-corrected chi connectivity index (χ4v) is 1.76. The Morgan fingerprint density at radius 1 is 1.31 bits per heavy atom. The van der Waals surface area contributed by atoms with Gasteiger partial charge in [0.05, 0.1) is 0 Å². The van der Waals surface area contributed by atoms with Gasteiger partial charge in [-0.3, -0.25) is 0 Å². The molecule has 1 rings (SSSR count). The standard InChI is InChI=1S/C13H19NO2/c1-2-12(13(15)16)9-11-5-3-4-10(8-11)6-7-14/h3-5,7-8,12-16H,2,6,9H2,1H3. The minimum absolute atomic E-state index is 0.116. The minimum atomic E-state index is -1.25. The van der Waals surface area contributed by atoms with Gasteiger partial charge in [-0.1, -0.05) is 31.2 Å². The SMILES string of the molecule is CCC(Cc1cccc(CC=N)c1)C(O)O. The third-order valence-electron chi connectivity index (χ3n) is 2.77. The van der Waals surface area contributed by atoms with Gasteiger partial charge in [-0.15, -0.1) is 0 Å². The van der Waals surface area contributed by atoms with Gasteiger partial charge in [0.2, 0.25) is 0 Å². The van der Waals surface area contributed by atoms with Crippen LogP contribution >= 0.6 is 0 Å². The minimum Gasteiger partial charge on any atom is -0.368 e. The summed E-state index contributed by atoms with van der Waals surface area (Å²) >= 11 is 0. The van der Waals surface area contributed by atoms with E-state index in [2.05, 4.69) is 0 Å². The molecule has 0 spiro atoms. The van der Waals surface area contributed by atoms with Crippen molar-refractivity contribution in [1.29, 1.82) is 5.41 Å². The lowest BCUT2D eigenvalue weighted by Gasteiger charge is -2.17. The Morgan fingerprint density at radius 3 is 2.56 bits per heavy atom. The van der Waals surface area contributed by atoms with Crippen LogP contribution in [0.5, 0.6) is 0 Å². The highest BCUT2D eigenvalue weighted by molar-refractivity contribution is 5.57. The molecule has 1 unspecified atom stereocenters. The summed E-state index contributed by atoms with van der Waals surface area (Å²) in [7, 11) is 0. The van der Waals surface area contributed by atoms with Crippen molar-refractivity contribution < 1.29 is 10.2 Å². The van der Waals surface area contributed by atoms with Crippen LogP contribution in [0.3, 0.4) is 0 Å². The van der Waals surface area contributed by atoms with E-state index in [1.165, 1.54) is 6.21 Å². The summed E-state index contributed by atoms with van der Waals surface area (Å²) in [6.07, 6.45) is 2.16. The van der Waals surface area contributed by atoms with Crippen LogP contribution in [0.25, 0.3) is 0 Å². The molecular formula is C13H19NO2. The number of benzene rings is 1. The summed E-state index contributed by atoms with van der Waals surface area (Å²) < 4.78 is 0. The highest BCUT2D eigenvalue weighted by Crippen LogP contribution is 2.16. The largest absolute Gasteiger partial charge is 0.368 e. The fourth-order valence-electron chi connectivity index (χ4n) is 1.76. The van der Waals surface area contributed by atoms with Crippen LogP contribution in [0.15, 0.2) is 24.3 Å². The molecule has 1 aromatic carbocycles. The molecule has 88 valence electrons. The van der Waals surface area contributed by atoms with E-state index >= 15 is 0 Å². The average Bonchev–Trinajstić information content (AvgIpc) is 2.26. The van der Waals surface area contributed by atoms with Crippen LogP contribution in [0.1, 0.15) is 24.5 Å². The highest BCUT2D eigenvalue weighted by Gasteiger charge is 2.14. The Hall–Kier alpha value is -1.19. The fraction of sp³-hybridized carbons (Fsp3) is 0.462. The van der Waals surface area contributed by atoms with E-state index in [0.717, 1.165) is 17.5 Å². The molecule has 0 amide bonds. The summed E-state index contributed by atoms with van der Waals surface area (Å²) in [5.74, 6) is -0.116. The molecular weight excluding hydrogens is 202 g/mol. The van der Waals surface area contributed by atoms with Gasteiger partial charge in [0.1, 0.15) is 0 Å². The molecule has 0 saturated heterocycles. The van der Waals surface area contributed by atoms with Gasteiger partial charge in [0.25, 0.3) is 0 Å². The Balaban J connectivity index is 2.72. The summed E-state index contributed by atoms with van der Waals surface area (Å²) in [6, 6.07) is 7.93. The van der Waals surface area contributed by atoms with Crippen molar-refractivity contribution in [1.82, 2.24) is 0 Å². The molecule has 0 aromatic heterocycles.